The van der Waals surface area contributed by atoms with E-state index in [0.29, 0.717) is 18.9 Å². The summed E-state index contributed by atoms with van der Waals surface area (Å²) in [5, 5.41) is 1.01. The van der Waals surface area contributed by atoms with Crippen LogP contribution in [-0.2, 0) is 19.4 Å². The van der Waals surface area contributed by atoms with Crippen molar-refractivity contribution in [1.82, 2.24) is 4.90 Å². The number of aryl methyl sites for hydroxylation is 1. The van der Waals surface area contributed by atoms with Gasteiger partial charge in [0.25, 0.3) is 0 Å². The lowest BCUT2D eigenvalue weighted by atomic mass is 10.0. The lowest BCUT2D eigenvalue weighted by molar-refractivity contribution is 0.0968. The van der Waals surface area contributed by atoms with Gasteiger partial charge in [-0.1, -0.05) is 25.5 Å². The van der Waals surface area contributed by atoms with Crippen LogP contribution in [0.1, 0.15) is 30.0 Å². The third-order valence-electron chi connectivity index (χ3n) is 5.24. The molecule has 4 rings (SSSR count). The third-order valence-corrected chi connectivity index (χ3v) is 5.24. The number of benzene rings is 2. The Morgan fingerprint density at radius 1 is 1.11 bits per heavy atom. The van der Waals surface area contributed by atoms with Crippen molar-refractivity contribution in [3.05, 3.63) is 69.6 Å². The SMILES string of the molecule is CCCc1cc(=O)oc2c3c(ccc12)OCN(CCc1ccc(OC)cc1)C3. The third kappa shape index (κ3) is 3.76. The van der Waals surface area contributed by atoms with Crippen LogP contribution in [0.5, 0.6) is 11.5 Å². The Bertz CT molecular complexity index is 1020. The first kappa shape index (κ1) is 18.6. The van der Waals surface area contributed by atoms with Crippen LogP contribution in [0.15, 0.2) is 51.7 Å². The van der Waals surface area contributed by atoms with Crippen LogP contribution >= 0.6 is 0 Å². The Morgan fingerprint density at radius 3 is 2.68 bits per heavy atom. The first-order valence-electron chi connectivity index (χ1n) is 9.74. The summed E-state index contributed by atoms with van der Waals surface area (Å²) in [7, 11) is 1.67. The fourth-order valence-corrected chi connectivity index (χ4v) is 3.74. The van der Waals surface area contributed by atoms with Crippen LogP contribution in [0.25, 0.3) is 11.0 Å². The Kier molecular flexibility index (Phi) is 5.35. The zero-order valence-corrected chi connectivity index (χ0v) is 16.4. The summed E-state index contributed by atoms with van der Waals surface area (Å²) in [6.07, 6.45) is 2.77. The van der Waals surface area contributed by atoms with Crippen molar-refractivity contribution >= 4 is 11.0 Å². The summed E-state index contributed by atoms with van der Waals surface area (Å²) in [6, 6.07) is 13.8. The first-order chi connectivity index (χ1) is 13.7. The van der Waals surface area contributed by atoms with Gasteiger partial charge < -0.3 is 13.9 Å². The molecule has 2 heterocycles. The van der Waals surface area contributed by atoms with Gasteiger partial charge >= 0.3 is 5.63 Å². The molecule has 0 N–H and O–H groups in total. The van der Waals surface area contributed by atoms with Gasteiger partial charge in [-0.15, -0.1) is 0 Å². The molecule has 5 heteroatoms. The smallest absolute Gasteiger partial charge is 0.336 e. The summed E-state index contributed by atoms with van der Waals surface area (Å²) in [5.74, 6) is 1.67. The van der Waals surface area contributed by atoms with Crippen molar-refractivity contribution in [2.75, 3.05) is 20.4 Å². The predicted octanol–water partition coefficient (Wildman–Crippen LogP) is 4.15. The van der Waals surface area contributed by atoms with Gasteiger partial charge in [-0.3, -0.25) is 4.90 Å². The second-order valence-electron chi connectivity index (χ2n) is 7.18. The number of methoxy groups -OCH3 is 1. The summed E-state index contributed by atoms with van der Waals surface area (Å²) in [4.78, 5) is 14.3. The maximum absolute atomic E-state index is 12.1. The van der Waals surface area contributed by atoms with E-state index in [1.54, 1.807) is 13.2 Å². The molecular formula is C23H25NO4. The number of nitrogens with zero attached hydrogens (tertiary/aromatic N) is 1. The van der Waals surface area contributed by atoms with Gasteiger partial charge in [0.15, 0.2) is 0 Å². The van der Waals surface area contributed by atoms with Gasteiger partial charge in [0.2, 0.25) is 0 Å². The molecule has 0 spiro atoms. The summed E-state index contributed by atoms with van der Waals surface area (Å²) >= 11 is 0. The Balaban J connectivity index is 1.56. The molecule has 1 aliphatic heterocycles. The Hall–Kier alpha value is -2.79. The van der Waals surface area contributed by atoms with Crippen molar-refractivity contribution in [3.63, 3.8) is 0 Å². The van der Waals surface area contributed by atoms with Crippen LogP contribution in [0.4, 0.5) is 0 Å². The lowest BCUT2D eigenvalue weighted by Gasteiger charge is -2.29. The van der Waals surface area contributed by atoms with E-state index in [1.807, 2.05) is 24.3 Å². The minimum Gasteiger partial charge on any atom is -0.497 e. The molecule has 3 aromatic rings. The van der Waals surface area contributed by atoms with E-state index in [-0.39, 0.29) is 5.63 Å². The highest BCUT2D eigenvalue weighted by molar-refractivity contribution is 5.85. The van der Waals surface area contributed by atoms with Gasteiger partial charge in [0.05, 0.1) is 12.7 Å². The lowest BCUT2D eigenvalue weighted by Crippen LogP contribution is -2.33. The van der Waals surface area contributed by atoms with Crippen LogP contribution in [-0.4, -0.2) is 25.3 Å². The minimum absolute atomic E-state index is 0.292. The second-order valence-corrected chi connectivity index (χ2v) is 7.18. The number of ether oxygens (including phenoxy) is 2. The van der Waals surface area contributed by atoms with Crippen LogP contribution < -0.4 is 15.1 Å². The largest absolute Gasteiger partial charge is 0.497 e. The van der Waals surface area contributed by atoms with Gasteiger partial charge in [-0.25, -0.2) is 4.79 Å². The molecule has 0 bridgehead atoms. The number of hydrogen-bond acceptors (Lipinski definition) is 5. The summed E-state index contributed by atoms with van der Waals surface area (Å²) < 4.78 is 16.8. The van der Waals surface area contributed by atoms with Crippen molar-refractivity contribution in [3.8, 4) is 11.5 Å². The van der Waals surface area contributed by atoms with Crippen molar-refractivity contribution in [1.29, 1.82) is 0 Å². The summed E-state index contributed by atoms with van der Waals surface area (Å²) in [6.45, 7) is 4.22. The number of rotatable bonds is 6. The highest BCUT2D eigenvalue weighted by atomic mass is 16.5. The van der Waals surface area contributed by atoms with Crippen molar-refractivity contribution in [2.24, 2.45) is 0 Å². The van der Waals surface area contributed by atoms with E-state index in [4.69, 9.17) is 13.9 Å². The van der Waals surface area contributed by atoms with Crippen LogP contribution in [0, 0.1) is 0 Å². The normalized spacial score (nSPS) is 13.9. The molecule has 0 saturated heterocycles. The molecule has 1 aliphatic rings. The van der Waals surface area contributed by atoms with E-state index < -0.39 is 0 Å². The second kappa shape index (κ2) is 8.07. The highest BCUT2D eigenvalue weighted by Crippen LogP contribution is 2.33. The van der Waals surface area contributed by atoms with E-state index >= 15 is 0 Å². The zero-order valence-electron chi connectivity index (χ0n) is 16.4. The predicted molar refractivity (Wildman–Crippen MR) is 109 cm³/mol. The molecule has 28 heavy (non-hydrogen) atoms. The van der Waals surface area contributed by atoms with Gasteiger partial charge in [0.1, 0.15) is 23.8 Å². The first-order valence-corrected chi connectivity index (χ1v) is 9.74. The molecule has 0 fully saturated rings. The molecule has 0 radical (unpaired) electrons. The number of fused-ring (bicyclic) bond motifs is 3. The van der Waals surface area contributed by atoms with Crippen molar-refractivity contribution < 1.29 is 13.9 Å². The molecule has 5 nitrogen and oxygen atoms in total. The molecule has 0 amide bonds. The number of hydrogen-bond donors (Lipinski definition) is 0. The minimum atomic E-state index is -0.292. The van der Waals surface area contributed by atoms with E-state index in [9.17, 15) is 4.79 Å². The monoisotopic (exact) mass is 379 g/mol. The van der Waals surface area contributed by atoms with Crippen LogP contribution in [0.3, 0.4) is 0 Å². The average molecular weight is 379 g/mol. The Labute approximate surface area is 164 Å². The molecule has 0 atom stereocenters. The fourth-order valence-electron chi connectivity index (χ4n) is 3.74. The maximum atomic E-state index is 12.1. The fraction of sp³-hybridized carbons (Fsp3) is 0.348. The molecule has 0 unspecified atom stereocenters. The highest BCUT2D eigenvalue weighted by Gasteiger charge is 2.22. The molecular weight excluding hydrogens is 354 g/mol. The summed E-state index contributed by atoms with van der Waals surface area (Å²) in [5.41, 5.74) is 3.64. The molecule has 146 valence electrons. The maximum Gasteiger partial charge on any atom is 0.336 e. The molecule has 0 aliphatic carbocycles. The van der Waals surface area contributed by atoms with Crippen molar-refractivity contribution in [2.45, 2.75) is 32.7 Å². The topological polar surface area (TPSA) is 51.9 Å². The zero-order chi connectivity index (χ0) is 19.5. The van der Waals surface area contributed by atoms with Gasteiger partial charge in [-0.05, 0) is 48.2 Å². The van der Waals surface area contributed by atoms with E-state index in [0.717, 1.165) is 53.8 Å². The van der Waals surface area contributed by atoms with Gasteiger partial charge in [-0.2, -0.15) is 0 Å². The Morgan fingerprint density at radius 2 is 1.93 bits per heavy atom. The molecule has 1 aromatic heterocycles. The van der Waals surface area contributed by atoms with E-state index in [2.05, 4.69) is 24.0 Å². The van der Waals surface area contributed by atoms with E-state index in [1.165, 1.54) is 5.56 Å². The van der Waals surface area contributed by atoms with Crippen LogP contribution in [0.2, 0.25) is 0 Å². The molecule has 2 aromatic carbocycles. The quantitative estimate of drug-likeness (QED) is 0.602. The average Bonchev–Trinajstić information content (AvgIpc) is 2.72. The van der Waals surface area contributed by atoms with Gasteiger partial charge in [0, 0.05) is 24.5 Å². The standard InChI is InChI=1S/C23H25NO4/c1-3-4-17-13-22(25)28-23-19(17)9-10-21-20(23)14-24(15-27-21)12-11-16-5-7-18(26-2)8-6-16/h5-10,13H,3-4,11-12,14-15H2,1-2H3. The molecule has 0 saturated carbocycles.